The fourth-order valence-electron chi connectivity index (χ4n) is 2.49. The molecule has 1 aromatic rings. The molecule has 0 spiro atoms. The number of anilines is 1. The van der Waals surface area contributed by atoms with Gasteiger partial charge in [0, 0.05) is 23.3 Å². The molecule has 13 heteroatoms. The summed E-state index contributed by atoms with van der Waals surface area (Å²) in [6.45, 7) is 1.29. The molecule has 2 aliphatic heterocycles. The number of hydrogen-bond donors (Lipinski definition) is 4. The molecule has 0 radical (unpaired) electrons. The molecule has 1 unspecified atom stereocenters. The molecular weight excluding hydrogens is 410 g/mol. The Labute approximate surface area is 167 Å². The van der Waals surface area contributed by atoms with Gasteiger partial charge in [-0.1, -0.05) is 5.16 Å². The zero-order valence-electron chi connectivity index (χ0n) is 14.6. The number of cyclic esters (lactones) is 1. The third-order valence-electron chi connectivity index (χ3n) is 3.82. The predicted molar refractivity (Wildman–Crippen MR) is 102 cm³/mol. The Morgan fingerprint density at radius 3 is 3.04 bits per heavy atom. The van der Waals surface area contributed by atoms with E-state index < -0.39 is 24.5 Å². The van der Waals surface area contributed by atoms with Gasteiger partial charge >= 0.3 is 11.9 Å². The number of carboxylic acids is 1. The van der Waals surface area contributed by atoms with Crippen LogP contribution < -0.4 is 16.4 Å². The molecule has 0 saturated carbocycles. The number of ether oxygens (including phenoxy) is 1. The lowest BCUT2D eigenvalue weighted by Gasteiger charge is -2.24. The summed E-state index contributed by atoms with van der Waals surface area (Å²) in [6.07, 6.45) is -0.252. The van der Waals surface area contributed by atoms with Crippen LogP contribution in [0, 0.1) is 0 Å². The summed E-state index contributed by atoms with van der Waals surface area (Å²) in [5.74, 6) is -1.63. The smallest absolute Gasteiger partial charge is 0.355 e. The Kier molecular flexibility index (Phi) is 6.04. The van der Waals surface area contributed by atoms with Crippen LogP contribution in [0.3, 0.4) is 0 Å². The molecule has 150 valence electrons. The van der Waals surface area contributed by atoms with Gasteiger partial charge in [-0.05, 0) is 6.92 Å². The van der Waals surface area contributed by atoms with E-state index in [1.165, 1.54) is 17.1 Å². The first-order valence-electron chi connectivity index (χ1n) is 8.08. The van der Waals surface area contributed by atoms with E-state index in [0.717, 1.165) is 16.9 Å². The first-order valence-corrected chi connectivity index (χ1v) is 10.0. The third kappa shape index (κ3) is 4.54. The number of nitrogens with one attached hydrogen (secondary N) is 2. The van der Waals surface area contributed by atoms with Gasteiger partial charge in [0.25, 0.3) is 5.91 Å². The summed E-state index contributed by atoms with van der Waals surface area (Å²) in [4.78, 5) is 43.6. The van der Waals surface area contributed by atoms with Gasteiger partial charge in [-0.2, -0.15) is 0 Å². The van der Waals surface area contributed by atoms with Gasteiger partial charge in [0.2, 0.25) is 6.61 Å². The number of hydrogen-bond acceptors (Lipinski definition) is 11. The lowest BCUT2D eigenvalue weighted by molar-refractivity contribution is -0.142. The van der Waals surface area contributed by atoms with Crippen molar-refractivity contribution >= 4 is 51.8 Å². The summed E-state index contributed by atoms with van der Waals surface area (Å²) in [7, 11) is 0. The van der Waals surface area contributed by atoms with Crippen LogP contribution in [0.2, 0.25) is 0 Å². The molecule has 1 amide bonds. The van der Waals surface area contributed by atoms with Crippen LogP contribution in [0.1, 0.15) is 12.6 Å². The molecule has 0 aliphatic carbocycles. The van der Waals surface area contributed by atoms with E-state index in [1.54, 1.807) is 0 Å². The zero-order valence-corrected chi connectivity index (χ0v) is 16.3. The summed E-state index contributed by atoms with van der Waals surface area (Å²) < 4.78 is 5.17. The molecule has 5 N–H and O–H groups in total. The lowest BCUT2D eigenvalue weighted by Crippen LogP contribution is -2.44. The Morgan fingerprint density at radius 2 is 2.36 bits per heavy atom. The maximum absolute atomic E-state index is 12.5. The SMILES string of the molecule is CC1OC(=O)C2=C1CS[C@H](CNC(=O)/C(=N\OCC(=O)O)c1csc(N)n1)N2. The highest BCUT2D eigenvalue weighted by Crippen LogP contribution is 2.30. The van der Waals surface area contributed by atoms with Crippen molar-refractivity contribution in [2.45, 2.75) is 18.4 Å². The fraction of sp³-hybridized carbons (Fsp3) is 0.400. The van der Waals surface area contributed by atoms with Crippen LogP contribution in [-0.2, 0) is 24.0 Å². The number of aliphatic carboxylic acids is 1. The Balaban J connectivity index is 1.63. The number of nitrogens with zero attached hydrogens (tertiary/aromatic N) is 2. The summed E-state index contributed by atoms with van der Waals surface area (Å²) in [5.41, 5.74) is 6.91. The number of carbonyl (C=O) groups is 3. The zero-order chi connectivity index (χ0) is 20.3. The number of amides is 1. The minimum Gasteiger partial charge on any atom is -0.479 e. The molecule has 1 aromatic heterocycles. The van der Waals surface area contributed by atoms with E-state index in [2.05, 4.69) is 25.6 Å². The maximum Gasteiger partial charge on any atom is 0.355 e. The van der Waals surface area contributed by atoms with Gasteiger partial charge in [0.1, 0.15) is 17.5 Å². The first-order chi connectivity index (χ1) is 13.3. The van der Waals surface area contributed by atoms with Crippen molar-refractivity contribution in [3.63, 3.8) is 0 Å². The second-order valence-corrected chi connectivity index (χ2v) is 7.86. The normalized spacial score (nSPS) is 21.6. The van der Waals surface area contributed by atoms with Gasteiger partial charge in [-0.15, -0.1) is 23.1 Å². The number of thioether (sulfide) groups is 1. The van der Waals surface area contributed by atoms with E-state index in [1.807, 2.05) is 6.92 Å². The van der Waals surface area contributed by atoms with Crippen molar-refractivity contribution in [1.82, 2.24) is 15.6 Å². The Morgan fingerprint density at radius 1 is 1.57 bits per heavy atom. The number of carboxylic acid groups (broad SMARTS) is 1. The van der Waals surface area contributed by atoms with Crippen molar-refractivity contribution in [2.24, 2.45) is 5.16 Å². The molecular formula is C15H17N5O6S2. The van der Waals surface area contributed by atoms with Gasteiger partial charge in [-0.25, -0.2) is 14.6 Å². The molecule has 3 heterocycles. The van der Waals surface area contributed by atoms with Crippen LogP contribution in [0.4, 0.5) is 5.13 Å². The highest BCUT2D eigenvalue weighted by Gasteiger charge is 2.36. The number of nitrogens with two attached hydrogens (primary N) is 1. The van der Waals surface area contributed by atoms with E-state index in [4.69, 9.17) is 15.6 Å². The molecule has 3 rings (SSSR count). The largest absolute Gasteiger partial charge is 0.479 e. The molecule has 0 aromatic carbocycles. The Hall–Kier alpha value is -2.80. The number of oxime groups is 1. The summed E-state index contributed by atoms with van der Waals surface area (Å²) in [5, 5.41) is 19.5. The molecule has 2 atom stereocenters. The number of esters is 1. The molecule has 0 saturated heterocycles. The van der Waals surface area contributed by atoms with Crippen LogP contribution in [0.25, 0.3) is 0 Å². The van der Waals surface area contributed by atoms with Gasteiger partial charge in [-0.3, -0.25) is 4.79 Å². The van der Waals surface area contributed by atoms with Crippen molar-refractivity contribution in [2.75, 3.05) is 24.6 Å². The molecule has 11 nitrogen and oxygen atoms in total. The molecule has 2 aliphatic rings. The van der Waals surface area contributed by atoms with E-state index in [9.17, 15) is 14.4 Å². The van der Waals surface area contributed by atoms with Crippen molar-refractivity contribution in [3.8, 4) is 0 Å². The average molecular weight is 427 g/mol. The Bertz CT molecular complexity index is 867. The number of carbonyl (C=O) groups excluding carboxylic acids is 2. The van der Waals surface area contributed by atoms with Gasteiger partial charge in [0.05, 0.1) is 5.37 Å². The highest BCUT2D eigenvalue weighted by atomic mass is 32.2. The highest BCUT2D eigenvalue weighted by molar-refractivity contribution is 8.00. The monoisotopic (exact) mass is 427 g/mol. The van der Waals surface area contributed by atoms with E-state index in [-0.39, 0.29) is 34.6 Å². The predicted octanol–water partition coefficient (Wildman–Crippen LogP) is -0.491. The van der Waals surface area contributed by atoms with Gasteiger partial charge < -0.3 is 31.0 Å². The maximum atomic E-state index is 12.5. The topological polar surface area (TPSA) is 165 Å². The third-order valence-corrected chi connectivity index (χ3v) is 5.66. The van der Waals surface area contributed by atoms with Crippen molar-refractivity contribution in [1.29, 1.82) is 0 Å². The average Bonchev–Trinajstić information content (AvgIpc) is 3.19. The second-order valence-electron chi connectivity index (χ2n) is 5.78. The van der Waals surface area contributed by atoms with Crippen LogP contribution in [0.5, 0.6) is 0 Å². The van der Waals surface area contributed by atoms with E-state index >= 15 is 0 Å². The van der Waals surface area contributed by atoms with Crippen LogP contribution >= 0.6 is 23.1 Å². The summed E-state index contributed by atoms with van der Waals surface area (Å²) in [6, 6.07) is 0. The van der Waals surface area contributed by atoms with Crippen molar-refractivity contribution in [3.05, 3.63) is 22.3 Å². The number of aromatic nitrogens is 1. The first kappa shape index (κ1) is 19.9. The van der Waals surface area contributed by atoms with E-state index in [0.29, 0.717) is 11.4 Å². The minimum atomic E-state index is -1.23. The quantitative estimate of drug-likeness (QED) is 0.253. The fourth-order valence-corrected chi connectivity index (χ4v) is 4.20. The van der Waals surface area contributed by atoms with Crippen LogP contribution in [-0.4, -0.2) is 64.0 Å². The standard InChI is InChI=1S/C15H17N5O6S2/c1-6-7-4-27-9(19-11(7)14(24)26-6)2-17-13(23)12(20-25-3-10(21)22)8-5-28-15(16)18-8/h5-6,9,19H,2-4H2,1H3,(H2,16,18)(H,17,23)(H,21,22)/b20-12-/t6?,9-/m1/s1. The molecule has 0 fully saturated rings. The molecule has 28 heavy (non-hydrogen) atoms. The summed E-state index contributed by atoms with van der Waals surface area (Å²) >= 11 is 2.63. The number of thiazole rings is 1. The number of nitrogen functional groups attached to an aromatic ring is 1. The number of rotatable bonds is 7. The van der Waals surface area contributed by atoms with Crippen molar-refractivity contribution < 1.29 is 29.1 Å². The lowest BCUT2D eigenvalue weighted by atomic mass is 10.1. The molecule has 0 bridgehead atoms. The van der Waals surface area contributed by atoms with Gasteiger partial charge in [0.15, 0.2) is 10.8 Å². The second kappa shape index (κ2) is 8.48. The minimum absolute atomic E-state index is 0.174. The van der Waals surface area contributed by atoms with Crippen LogP contribution in [0.15, 0.2) is 21.8 Å².